The molecule has 1 unspecified atom stereocenters. The second-order valence-electron chi connectivity index (χ2n) is 17.7. The molecule has 1 aliphatic rings. The number of nitrogens with zero attached hydrogens (tertiary/aromatic N) is 2. The number of hydrogen-bond acceptors (Lipinski definition) is 1. The van der Waals surface area contributed by atoms with Gasteiger partial charge in [0.05, 0.1) is 16.4 Å². The zero-order chi connectivity index (χ0) is 44.3. The molecule has 0 N–H and O–H groups in total. The van der Waals surface area contributed by atoms with Gasteiger partial charge in [-0.2, -0.15) is 0 Å². The first-order valence-electron chi connectivity index (χ1n) is 23.2. The molecule has 1 atom stereocenters. The van der Waals surface area contributed by atoms with Gasteiger partial charge in [0.2, 0.25) is 0 Å². The lowest BCUT2D eigenvalue weighted by molar-refractivity contribution is 0.768. The monoisotopic (exact) mass is 852 g/mol. The van der Waals surface area contributed by atoms with Crippen LogP contribution >= 0.6 is 0 Å². The van der Waals surface area contributed by atoms with Crippen LogP contribution in [0.4, 0.5) is 17.1 Å². The van der Waals surface area contributed by atoms with E-state index in [1.165, 1.54) is 82.7 Å². The Bertz CT molecular complexity index is 3780. The molecule has 1 heterocycles. The summed E-state index contributed by atoms with van der Waals surface area (Å²) in [6, 6.07) is 98.3. The largest absolute Gasteiger partial charge is 0.310 e. The molecule has 67 heavy (non-hydrogen) atoms. The molecule has 1 aliphatic carbocycles. The Morgan fingerprint density at radius 2 is 0.806 bits per heavy atom. The first-order chi connectivity index (χ1) is 33.2. The molecule has 0 amide bonds. The third-order valence-electron chi connectivity index (χ3n) is 14.1. The Balaban J connectivity index is 1.04. The second kappa shape index (κ2) is 15.8. The number of fused-ring (bicyclic) bond motifs is 7. The quantitative estimate of drug-likeness (QED) is 0.148. The molecule has 1 aromatic heterocycles. The van der Waals surface area contributed by atoms with Gasteiger partial charge in [0, 0.05) is 33.5 Å². The average Bonchev–Trinajstić information content (AvgIpc) is 3.90. The number of para-hydroxylation sites is 1. The van der Waals surface area contributed by atoms with Crippen molar-refractivity contribution in [2.75, 3.05) is 4.90 Å². The smallest absolute Gasteiger partial charge is 0.0714 e. The second-order valence-corrected chi connectivity index (χ2v) is 17.7. The molecule has 0 saturated carbocycles. The minimum Gasteiger partial charge on any atom is -0.310 e. The van der Waals surface area contributed by atoms with E-state index in [9.17, 15) is 0 Å². The van der Waals surface area contributed by atoms with E-state index in [2.05, 4.69) is 276 Å². The maximum atomic E-state index is 2.48. The fourth-order valence-corrected chi connectivity index (χ4v) is 11.0. The standard InChI is InChI=1S/C65H44N2/c1-4-16-45(17-5-1)48-28-33-52(34-29-48)65(51-22-8-3-9-23-51)61-26-14-12-24-57(61)58-40-38-55(43-62(58)65)66(54-37-32-47-20-10-11-21-50(47)42-54)56-39-41-60-59-25-13-15-27-63(59)67(64(60)44-56)53-35-30-49(31-36-53)46-18-6-2-7-19-46/h1-44H. The fraction of sp³-hybridized carbons (Fsp3) is 0.0154. The van der Waals surface area contributed by atoms with Crippen molar-refractivity contribution in [3.8, 4) is 39.1 Å². The summed E-state index contributed by atoms with van der Waals surface area (Å²) in [4.78, 5) is 2.46. The van der Waals surface area contributed by atoms with Crippen LogP contribution in [0.15, 0.2) is 267 Å². The molecule has 2 heteroatoms. The van der Waals surface area contributed by atoms with Crippen molar-refractivity contribution in [1.82, 2.24) is 4.57 Å². The minimum atomic E-state index is -0.574. The summed E-state index contributed by atoms with van der Waals surface area (Å²) in [6.45, 7) is 0. The topological polar surface area (TPSA) is 8.17 Å². The molecule has 13 rings (SSSR count). The van der Waals surface area contributed by atoms with Crippen LogP contribution in [0, 0.1) is 0 Å². The highest BCUT2D eigenvalue weighted by molar-refractivity contribution is 6.10. The first-order valence-corrected chi connectivity index (χ1v) is 23.2. The van der Waals surface area contributed by atoms with Crippen molar-refractivity contribution in [1.29, 1.82) is 0 Å². The number of anilines is 3. The summed E-state index contributed by atoms with van der Waals surface area (Å²) < 4.78 is 2.43. The van der Waals surface area contributed by atoms with Crippen LogP contribution in [0.25, 0.3) is 71.6 Å². The third-order valence-corrected chi connectivity index (χ3v) is 14.1. The van der Waals surface area contributed by atoms with Crippen molar-refractivity contribution in [3.05, 3.63) is 289 Å². The Hall–Kier alpha value is -8.72. The van der Waals surface area contributed by atoms with Crippen LogP contribution in [-0.4, -0.2) is 4.57 Å². The van der Waals surface area contributed by atoms with Gasteiger partial charge in [-0.3, -0.25) is 0 Å². The van der Waals surface area contributed by atoms with Crippen molar-refractivity contribution in [2.24, 2.45) is 0 Å². The number of benzene rings is 11. The van der Waals surface area contributed by atoms with E-state index < -0.39 is 5.41 Å². The molecule has 11 aromatic carbocycles. The van der Waals surface area contributed by atoms with Crippen LogP contribution < -0.4 is 4.90 Å². The van der Waals surface area contributed by atoms with Gasteiger partial charge in [-0.15, -0.1) is 0 Å². The maximum absolute atomic E-state index is 2.48. The van der Waals surface area contributed by atoms with Gasteiger partial charge in [0.25, 0.3) is 0 Å². The van der Waals surface area contributed by atoms with E-state index in [0.29, 0.717) is 0 Å². The van der Waals surface area contributed by atoms with E-state index >= 15 is 0 Å². The van der Waals surface area contributed by atoms with Crippen molar-refractivity contribution < 1.29 is 0 Å². The SMILES string of the molecule is c1ccc(-c2ccc(-n3c4ccccc4c4ccc(N(c5ccc6c(c5)C(c5ccccc5)(c5ccc(-c7ccccc7)cc5)c5ccccc5-6)c5ccc6ccccc6c5)cc43)cc2)cc1. The first kappa shape index (κ1) is 38.7. The number of hydrogen-bond donors (Lipinski definition) is 0. The van der Waals surface area contributed by atoms with E-state index in [0.717, 1.165) is 28.3 Å². The minimum absolute atomic E-state index is 0.574. The highest BCUT2D eigenvalue weighted by Gasteiger charge is 2.46. The van der Waals surface area contributed by atoms with E-state index in [1.807, 2.05) is 0 Å². The molecule has 0 saturated heterocycles. The maximum Gasteiger partial charge on any atom is 0.0714 e. The number of aromatic nitrogens is 1. The number of rotatable bonds is 8. The third kappa shape index (κ3) is 6.26. The zero-order valence-electron chi connectivity index (χ0n) is 36.8. The van der Waals surface area contributed by atoms with Crippen LogP contribution in [-0.2, 0) is 5.41 Å². The van der Waals surface area contributed by atoms with Crippen molar-refractivity contribution in [3.63, 3.8) is 0 Å². The van der Waals surface area contributed by atoms with Gasteiger partial charge in [-0.1, -0.05) is 212 Å². The van der Waals surface area contributed by atoms with Gasteiger partial charge >= 0.3 is 0 Å². The molecule has 0 aliphatic heterocycles. The zero-order valence-corrected chi connectivity index (χ0v) is 36.8. The lowest BCUT2D eigenvalue weighted by Crippen LogP contribution is -2.28. The normalized spacial score (nSPS) is 14.0. The summed E-state index contributed by atoms with van der Waals surface area (Å²) in [5, 5.41) is 4.86. The molecule has 314 valence electrons. The van der Waals surface area contributed by atoms with Crippen LogP contribution in [0.1, 0.15) is 22.3 Å². The predicted molar refractivity (Wildman–Crippen MR) is 281 cm³/mol. The van der Waals surface area contributed by atoms with Gasteiger partial charge < -0.3 is 9.47 Å². The van der Waals surface area contributed by atoms with Crippen LogP contribution in [0.3, 0.4) is 0 Å². The fourth-order valence-electron chi connectivity index (χ4n) is 11.0. The Morgan fingerprint density at radius 1 is 0.299 bits per heavy atom. The Labute approximate surface area is 390 Å². The van der Waals surface area contributed by atoms with Crippen LogP contribution in [0.5, 0.6) is 0 Å². The highest BCUT2D eigenvalue weighted by atomic mass is 15.1. The molecular formula is C65H44N2. The van der Waals surface area contributed by atoms with Crippen molar-refractivity contribution >= 4 is 49.6 Å². The lowest BCUT2D eigenvalue weighted by atomic mass is 9.67. The average molecular weight is 853 g/mol. The van der Waals surface area contributed by atoms with E-state index in [-0.39, 0.29) is 0 Å². The summed E-state index contributed by atoms with van der Waals surface area (Å²) in [6.07, 6.45) is 0. The molecule has 0 fully saturated rings. The van der Waals surface area contributed by atoms with Gasteiger partial charge in [-0.25, -0.2) is 0 Å². The van der Waals surface area contributed by atoms with E-state index in [4.69, 9.17) is 0 Å². The van der Waals surface area contributed by atoms with E-state index in [1.54, 1.807) is 0 Å². The molecule has 0 spiro atoms. The Kier molecular flexibility index (Phi) is 9.11. The highest BCUT2D eigenvalue weighted by Crippen LogP contribution is 2.57. The molecule has 0 radical (unpaired) electrons. The van der Waals surface area contributed by atoms with Gasteiger partial charge in [0.15, 0.2) is 0 Å². The van der Waals surface area contributed by atoms with Crippen molar-refractivity contribution in [2.45, 2.75) is 5.41 Å². The molecule has 12 aromatic rings. The lowest BCUT2D eigenvalue weighted by Gasteiger charge is -2.35. The molecule has 0 bridgehead atoms. The summed E-state index contributed by atoms with van der Waals surface area (Å²) >= 11 is 0. The predicted octanol–water partition coefficient (Wildman–Crippen LogP) is 17.1. The van der Waals surface area contributed by atoms with Crippen LogP contribution in [0.2, 0.25) is 0 Å². The van der Waals surface area contributed by atoms with Gasteiger partial charge in [0.1, 0.15) is 0 Å². The summed E-state index contributed by atoms with van der Waals surface area (Å²) in [5.41, 5.74) is 18.6. The Morgan fingerprint density at radius 3 is 1.55 bits per heavy atom. The molecule has 2 nitrogen and oxygen atoms in total. The summed E-state index contributed by atoms with van der Waals surface area (Å²) in [5.74, 6) is 0. The van der Waals surface area contributed by atoms with Gasteiger partial charge in [-0.05, 0) is 121 Å². The summed E-state index contributed by atoms with van der Waals surface area (Å²) in [7, 11) is 0. The molecular weight excluding hydrogens is 809 g/mol.